The van der Waals surface area contributed by atoms with Crippen LogP contribution >= 0.6 is 0 Å². The molecule has 0 spiro atoms. The first kappa shape index (κ1) is 28.7. The van der Waals surface area contributed by atoms with E-state index in [0.717, 1.165) is 77.9 Å². The molecule has 6 aromatic rings. The summed E-state index contributed by atoms with van der Waals surface area (Å²) in [4.78, 5) is 4.14. The van der Waals surface area contributed by atoms with Crippen molar-refractivity contribution in [1.82, 2.24) is 0 Å². The van der Waals surface area contributed by atoms with E-state index >= 15 is 0 Å². The lowest BCUT2D eigenvalue weighted by Gasteiger charge is -2.16. The largest absolute Gasteiger partial charge is 0.378 e. The van der Waals surface area contributed by atoms with Crippen LogP contribution in [0.25, 0.3) is 32.7 Å². The number of azo groups is 2. The van der Waals surface area contributed by atoms with E-state index in [-0.39, 0.29) is 0 Å². The van der Waals surface area contributed by atoms with Gasteiger partial charge in [-0.2, -0.15) is 10.2 Å². The number of rotatable bonds is 7. The molecule has 0 heterocycles. The molecule has 0 aliphatic carbocycles. The Hall–Kier alpha value is -5.36. The van der Waals surface area contributed by atoms with Crippen molar-refractivity contribution in [2.45, 2.75) is 13.8 Å². The summed E-state index contributed by atoms with van der Waals surface area (Å²) in [6, 6.07) is 37.6. The minimum Gasteiger partial charge on any atom is -0.378 e. The molecule has 6 aromatic carbocycles. The summed E-state index contributed by atoms with van der Waals surface area (Å²) in [5.74, 6) is 0. The van der Waals surface area contributed by atoms with Gasteiger partial charge in [-0.05, 0) is 101 Å². The predicted octanol–water partition coefficient (Wildman–Crippen LogP) is 11.2. The lowest BCUT2D eigenvalue weighted by molar-refractivity contribution is 1.13. The lowest BCUT2D eigenvalue weighted by Crippen LogP contribution is -2.07. The van der Waals surface area contributed by atoms with Gasteiger partial charge in [0.1, 0.15) is 0 Å². The fraction of sp³-hybridized carbons (Fsp3) is 0.158. The highest BCUT2D eigenvalue weighted by atomic mass is 15.1. The zero-order chi connectivity index (χ0) is 30.8. The van der Waals surface area contributed by atoms with Crippen LogP contribution in [-0.2, 0) is 0 Å². The summed E-state index contributed by atoms with van der Waals surface area (Å²) in [6.07, 6.45) is 0. The average Bonchev–Trinajstić information content (AvgIpc) is 3.03. The summed E-state index contributed by atoms with van der Waals surface area (Å²) >= 11 is 0. The van der Waals surface area contributed by atoms with Crippen molar-refractivity contribution >= 4 is 55.7 Å². The van der Waals surface area contributed by atoms with Crippen LogP contribution in [0.4, 0.5) is 34.1 Å². The van der Waals surface area contributed by atoms with E-state index in [1.165, 1.54) is 0 Å². The van der Waals surface area contributed by atoms with Crippen molar-refractivity contribution in [1.29, 1.82) is 0 Å². The first-order chi connectivity index (χ1) is 21.3. The van der Waals surface area contributed by atoms with Crippen LogP contribution in [0.2, 0.25) is 0 Å². The maximum absolute atomic E-state index is 4.84. The molecule has 0 aliphatic rings. The van der Waals surface area contributed by atoms with Crippen molar-refractivity contribution in [2.24, 2.45) is 20.5 Å². The first-order valence-corrected chi connectivity index (χ1v) is 14.7. The minimum atomic E-state index is 0.817. The third-order valence-corrected chi connectivity index (χ3v) is 7.98. The third-order valence-electron chi connectivity index (χ3n) is 7.98. The summed E-state index contributed by atoms with van der Waals surface area (Å²) < 4.78 is 0. The Labute approximate surface area is 259 Å². The van der Waals surface area contributed by atoms with Crippen molar-refractivity contribution in [3.8, 4) is 11.1 Å². The van der Waals surface area contributed by atoms with Crippen molar-refractivity contribution in [2.75, 3.05) is 38.0 Å². The molecular formula is C38H36N6. The van der Waals surface area contributed by atoms with E-state index in [9.17, 15) is 0 Å². The van der Waals surface area contributed by atoms with E-state index in [1.807, 2.05) is 52.5 Å². The molecule has 44 heavy (non-hydrogen) atoms. The first-order valence-electron chi connectivity index (χ1n) is 14.7. The molecule has 0 aliphatic heterocycles. The van der Waals surface area contributed by atoms with E-state index in [4.69, 9.17) is 10.2 Å². The Bertz CT molecular complexity index is 2020. The van der Waals surface area contributed by atoms with Gasteiger partial charge < -0.3 is 9.80 Å². The second kappa shape index (κ2) is 12.1. The Morgan fingerprint density at radius 3 is 1.61 bits per heavy atom. The number of hydrogen-bond donors (Lipinski definition) is 0. The van der Waals surface area contributed by atoms with Crippen LogP contribution in [0.15, 0.2) is 130 Å². The van der Waals surface area contributed by atoms with Crippen LogP contribution in [-0.4, -0.2) is 28.2 Å². The quantitative estimate of drug-likeness (QED) is 0.177. The van der Waals surface area contributed by atoms with Gasteiger partial charge in [-0.1, -0.05) is 54.6 Å². The molecule has 6 nitrogen and oxygen atoms in total. The molecule has 6 rings (SSSR count). The van der Waals surface area contributed by atoms with E-state index in [0.29, 0.717) is 0 Å². The highest BCUT2D eigenvalue weighted by molar-refractivity contribution is 6.12. The maximum atomic E-state index is 4.84. The van der Waals surface area contributed by atoms with Crippen molar-refractivity contribution in [3.05, 3.63) is 120 Å². The molecule has 0 fully saturated rings. The van der Waals surface area contributed by atoms with E-state index in [2.05, 4.69) is 119 Å². The lowest BCUT2D eigenvalue weighted by atomic mass is 9.90. The number of benzene rings is 6. The molecule has 0 radical (unpaired) electrons. The van der Waals surface area contributed by atoms with Gasteiger partial charge in [0.05, 0.1) is 22.7 Å². The van der Waals surface area contributed by atoms with Gasteiger partial charge in [-0.3, -0.25) is 0 Å². The van der Waals surface area contributed by atoms with E-state index < -0.39 is 0 Å². The van der Waals surface area contributed by atoms with Gasteiger partial charge in [0.15, 0.2) is 0 Å². The van der Waals surface area contributed by atoms with Gasteiger partial charge in [0.25, 0.3) is 0 Å². The Morgan fingerprint density at radius 1 is 0.455 bits per heavy atom. The number of nitrogens with zero attached hydrogens (tertiary/aromatic N) is 6. The zero-order valence-corrected chi connectivity index (χ0v) is 26.1. The highest BCUT2D eigenvalue weighted by Gasteiger charge is 2.16. The van der Waals surface area contributed by atoms with Crippen LogP contribution < -0.4 is 9.80 Å². The number of fused-ring (bicyclic) bond motifs is 2. The van der Waals surface area contributed by atoms with Gasteiger partial charge >= 0.3 is 0 Å². The molecule has 0 aromatic heterocycles. The molecule has 0 saturated carbocycles. The van der Waals surface area contributed by atoms with Gasteiger partial charge in [-0.25, -0.2) is 0 Å². The molecule has 0 bridgehead atoms. The molecule has 0 amide bonds. The molecule has 218 valence electrons. The normalized spacial score (nSPS) is 11.7. The van der Waals surface area contributed by atoms with Gasteiger partial charge in [0.2, 0.25) is 0 Å². The van der Waals surface area contributed by atoms with Gasteiger partial charge in [0, 0.05) is 50.3 Å². The summed E-state index contributed by atoms with van der Waals surface area (Å²) in [6.45, 7) is 4.20. The zero-order valence-electron chi connectivity index (χ0n) is 26.1. The van der Waals surface area contributed by atoms with Crippen LogP contribution in [0, 0.1) is 13.8 Å². The summed E-state index contributed by atoms with van der Waals surface area (Å²) in [7, 11) is 8.12. The second-order valence-electron chi connectivity index (χ2n) is 11.5. The summed E-state index contributed by atoms with van der Waals surface area (Å²) in [5, 5.41) is 23.3. The van der Waals surface area contributed by atoms with Crippen LogP contribution in [0.3, 0.4) is 0 Å². The second-order valence-corrected chi connectivity index (χ2v) is 11.5. The standard InChI is InChI=1S/C38H36N6/c1-25-14-15-27-10-9-13-33(36(27)38(25)42-40-29-18-22-31(23-19-29)44(5)6)35-24-26(2)37(34-12-8-7-11-32(34)35)41-39-28-16-20-30(21-17-28)43(3)4/h7-24H,1-6H3. The molecule has 0 unspecified atom stereocenters. The van der Waals surface area contributed by atoms with Gasteiger partial charge in [-0.15, -0.1) is 10.2 Å². The smallest absolute Gasteiger partial charge is 0.0970 e. The fourth-order valence-electron chi connectivity index (χ4n) is 5.52. The Morgan fingerprint density at radius 2 is 1.02 bits per heavy atom. The monoisotopic (exact) mass is 576 g/mol. The molecule has 0 N–H and O–H groups in total. The minimum absolute atomic E-state index is 0.817. The van der Waals surface area contributed by atoms with Crippen molar-refractivity contribution < 1.29 is 0 Å². The van der Waals surface area contributed by atoms with Crippen LogP contribution in [0.5, 0.6) is 0 Å². The molecular weight excluding hydrogens is 540 g/mol. The van der Waals surface area contributed by atoms with Crippen molar-refractivity contribution in [3.63, 3.8) is 0 Å². The topological polar surface area (TPSA) is 55.9 Å². The Balaban J connectivity index is 1.47. The molecule has 0 atom stereocenters. The molecule has 0 saturated heterocycles. The summed E-state index contributed by atoms with van der Waals surface area (Å²) in [5.41, 5.74) is 10.0. The maximum Gasteiger partial charge on any atom is 0.0970 e. The number of hydrogen-bond acceptors (Lipinski definition) is 6. The number of anilines is 2. The molecule has 6 heteroatoms. The SMILES string of the molecule is Cc1cc(-c2cccc3ccc(C)c(N=Nc4ccc(N(C)C)cc4)c23)c2ccccc2c1N=Nc1ccc(N(C)C)cc1. The van der Waals surface area contributed by atoms with E-state index in [1.54, 1.807) is 0 Å². The fourth-order valence-corrected chi connectivity index (χ4v) is 5.52. The number of aryl methyl sites for hydroxylation is 2. The third kappa shape index (κ3) is 5.66. The highest BCUT2D eigenvalue weighted by Crippen LogP contribution is 2.44. The Kier molecular flexibility index (Phi) is 7.90. The predicted molar refractivity (Wildman–Crippen MR) is 186 cm³/mol. The average molecular weight is 577 g/mol. The van der Waals surface area contributed by atoms with Crippen LogP contribution in [0.1, 0.15) is 11.1 Å².